The van der Waals surface area contributed by atoms with Crippen LogP contribution in [0.4, 0.5) is 0 Å². The number of carbonyl (C=O) groups is 3. The van der Waals surface area contributed by atoms with Gasteiger partial charge in [-0.3, -0.25) is 4.79 Å². The van der Waals surface area contributed by atoms with Crippen LogP contribution in [0, 0.1) is 0 Å². The molecule has 0 aliphatic heterocycles. The predicted molar refractivity (Wildman–Crippen MR) is 116 cm³/mol. The average molecular weight is 417 g/mol. The molecule has 0 heterocycles. The molecule has 31 heavy (non-hydrogen) atoms. The van der Waals surface area contributed by atoms with E-state index in [0.717, 1.165) is 16.7 Å². The molecule has 0 saturated carbocycles. The lowest BCUT2D eigenvalue weighted by Crippen LogP contribution is -2.44. The van der Waals surface area contributed by atoms with Crippen molar-refractivity contribution in [3.63, 3.8) is 0 Å². The zero-order valence-corrected chi connectivity index (χ0v) is 17.1. The molecule has 158 valence electrons. The van der Waals surface area contributed by atoms with Gasteiger partial charge in [0.2, 0.25) is 0 Å². The number of ether oxygens (including phenoxy) is 2. The van der Waals surface area contributed by atoms with Crippen LogP contribution in [-0.2, 0) is 25.5 Å². The highest BCUT2D eigenvalue weighted by molar-refractivity contribution is 5.92. The standard InChI is InChI=1S/C25H23NO5/c1-30-25(29)22(16-18-8-4-2-5-9-18)26-23(27)17-31-24(28)21-14-12-20(13-15-21)19-10-6-3-7-11-19/h2-15,22H,16-17H2,1H3,(H,26,27)/t22-/m1/s1. The van der Waals surface area contributed by atoms with Crippen molar-refractivity contribution in [2.45, 2.75) is 12.5 Å². The van der Waals surface area contributed by atoms with Crippen LogP contribution < -0.4 is 5.32 Å². The fourth-order valence-electron chi connectivity index (χ4n) is 3.07. The van der Waals surface area contributed by atoms with E-state index < -0.39 is 30.5 Å². The van der Waals surface area contributed by atoms with E-state index in [4.69, 9.17) is 9.47 Å². The second-order valence-corrected chi connectivity index (χ2v) is 6.85. The number of benzene rings is 3. The average Bonchev–Trinajstić information content (AvgIpc) is 2.83. The minimum Gasteiger partial charge on any atom is -0.467 e. The third kappa shape index (κ3) is 6.27. The van der Waals surface area contributed by atoms with E-state index in [1.54, 1.807) is 12.1 Å². The van der Waals surface area contributed by atoms with Crippen molar-refractivity contribution in [3.05, 3.63) is 96.1 Å². The van der Waals surface area contributed by atoms with Crippen LogP contribution in [0.3, 0.4) is 0 Å². The van der Waals surface area contributed by atoms with E-state index >= 15 is 0 Å². The van der Waals surface area contributed by atoms with Gasteiger partial charge in [0.15, 0.2) is 6.61 Å². The smallest absolute Gasteiger partial charge is 0.338 e. The summed E-state index contributed by atoms with van der Waals surface area (Å²) in [6, 6.07) is 25.1. The van der Waals surface area contributed by atoms with Gasteiger partial charge >= 0.3 is 11.9 Å². The van der Waals surface area contributed by atoms with Crippen molar-refractivity contribution in [3.8, 4) is 11.1 Å². The van der Waals surface area contributed by atoms with Crippen molar-refractivity contribution in [2.75, 3.05) is 13.7 Å². The van der Waals surface area contributed by atoms with E-state index in [1.807, 2.05) is 72.8 Å². The third-order valence-electron chi connectivity index (χ3n) is 4.67. The second-order valence-electron chi connectivity index (χ2n) is 6.85. The number of carbonyl (C=O) groups excluding carboxylic acids is 3. The molecule has 3 rings (SSSR count). The van der Waals surface area contributed by atoms with Gasteiger partial charge in [0.1, 0.15) is 6.04 Å². The summed E-state index contributed by atoms with van der Waals surface area (Å²) in [4.78, 5) is 36.5. The fraction of sp³-hybridized carbons (Fsp3) is 0.160. The molecule has 0 aliphatic rings. The summed E-state index contributed by atoms with van der Waals surface area (Å²) in [5.41, 5.74) is 3.21. The van der Waals surface area contributed by atoms with Gasteiger partial charge in [-0.1, -0.05) is 72.8 Å². The Kier molecular flexibility index (Phi) is 7.54. The molecule has 3 aromatic rings. The molecule has 0 aromatic heterocycles. The van der Waals surface area contributed by atoms with Crippen molar-refractivity contribution < 1.29 is 23.9 Å². The number of methoxy groups -OCH3 is 1. The molecule has 0 spiro atoms. The molecule has 0 fully saturated rings. The first kappa shape index (κ1) is 21.8. The van der Waals surface area contributed by atoms with Gasteiger partial charge < -0.3 is 14.8 Å². The Hall–Kier alpha value is -3.93. The Balaban J connectivity index is 1.55. The molecule has 0 saturated heterocycles. The largest absolute Gasteiger partial charge is 0.467 e. The summed E-state index contributed by atoms with van der Waals surface area (Å²) in [6.07, 6.45) is 0.272. The van der Waals surface area contributed by atoms with Crippen LogP contribution in [0.1, 0.15) is 15.9 Å². The molecule has 0 aliphatic carbocycles. The van der Waals surface area contributed by atoms with Crippen molar-refractivity contribution in [1.82, 2.24) is 5.32 Å². The lowest BCUT2D eigenvalue weighted by atomic mass is 10.0. The number of hydrogen-bond acceptors (Lipinski definition) is 5. The van der Waals surface area contributed by atoms with Crippen LogP contribution in [-0.4, -0.2) is 37.6 Å². The molecule has 0 radical (unpaired) electrons. The minimum absolute atomic E-state index is 0.272. The van der Waals surface area contributed by atoms with E-state index in [9.17, 15) is 14.4 Å². The molecular formula is C25H23NO5. The Morgan fingerprint density at radius 2 is 1.39 bits per heavy atom. The summed E-state index contributed by atoms with van der Waals surface area (Å²) in [7, 11) is 1.26. The first-order valence-electron chi connectivity index (χ1n) is 9.80. The molecule has 1 amide bonds. The van der Waals surface area contributed by atoms with Gasteiger partial charge in [-0.25, -0.2) is 9.59 Å². The normalized spacial score (nSPS) is 11.3. The SMILES string of the molecule is COC(=O)[C@@H](Cc1ccccc1)NC(=O)COC(=O)c1ccc(-c2ccccc2)cc1. The fourth-order valence-corrected chi connectivity index (χ4v) is 3.07. The predicted octanol–water partition coefficient (Wildman–Crippen LogP) is 3.41. The Labute approximate surface area is 180 Å². The van der Waals surface area contributed by atoms with Gasteiger partial charge in [0.25, 0.3) is 5.91 Å². The molecule has 1 atom stereocenters. The molecule has 6 heteroatoms. The molecule has 6 nitrogen and oxygen atoms in total. The van der Waals surface area contributed by atoms with Crippen molar-refractivity contribution >= 4 is 17.8 Å². The zero-order chi connectivity index (χ0) is 22.1. The van der Waals surface area contributed by atoms with E-state index in [-0.39, 0.29) is 6.42 Å². The maximum Gasteiger partial charge on any atom is 0.338 e. The Morgan fingerprint density at radius 1 is 0.806 bits per heavy atom. The highest BCUT2D eigenvalue weighted by atomic mass is 16.5. The minimum atomic E-state index is -0.872. The lowest BCUT2D eigenvalue weighted by molar-refractivity contribution is -0.145. The maximum atomic E-state index is 12.3. The summed E-state index contributed by atoms with van der Waals surface area (Å²) in [5.74, 6) is -1.77. The topological polar surface area (TPSA) is 81.7 Å². The summed E-state index contributed by atoms with van der Waals surface area (Å²) in [5, 5.41) is 2.56. The van der Waals surface area contributed by atoms with Gasteiger partial charge in [0.05, 0.1) is 12.7 Å². The Bertz CT molecular complexity index is 1020. The van der Waals surface area contributed by atoms with Crippen LogP contribution in [0.15, 0.2) is 84.9 Å². The number of amides is 1. The molecular weight excluding hydrogens is 394 g/mol. The number of esters is 2. The van der Waals surface area contributed by atoms with Crippen molar-refractivity contribution in [2.24, 2.45) is 0 Å². The number of nitrogens with one attached hydrogen (secondary N) is 1. The van der Waals surface area contributed by atoms with Crippen molar-refractivity contribution in [1.29, 1.82) is 0 Å². The number of rotatable bonds is 8. The zero-order valence-electron chi connectivity index (χ0n) is 17.1. The lowest BCUT2D eigenvalue weighted by Gasteiger charge is -2.16. The number of hydrogen-bond donors (Lipinski definition) is 1. The van der Waals surface area contributed by atoms with Gasteiger partial charge in [-0.15, -0.1) is 0 Å². The summed E-state index contributed by atoms with van der Waals surface area (Å²) in [6.45, 7) is -0.498. The monoisotopic (exact) mass is 417 g/mol. The van der Waals surface area contributed by atoms with Gasteiger partial charge in [-0.05, 0) is 28.8 Å². The van der Waals surface area contributed by atoms with Crippen LogP contribution in [0.25, 0.3) is 11.1 Å². The van der Waals surface area contributed by atoms with E-state index in [2.05, 4.69) is 5.32 Å². The second kappa shape index (κ2) is 10.7. The van der Waals surface area contributed by atoms with Crippen LogP contribution in [0.5, 0.6) is 0 Å². The summed E-state index contributed by atoms with van der Waals surface area (Å²) >= 11 is 0. The first-order chi connectivity index (χ1) is 15.1. The van der Waals surface area contributed by atoms with Crippen LogP contribution in [0.2, 0.25) is 0 Å². The Morgan fingerprint density at radius 3 is 2.00 bits per heavy atom. The van der Waals surface area contributed by atoms with E-state index in [1.165, 1.54) is 7.11 Å². The van der Waals surface area contributed by atoms with Gasteiger partial charge in [0, 0.05) is 6.42 Å². The van der Waals surface area contributed by atoms with E-state index in [0.29, 0.717) is 5.56 Å². The third-order valence-corrected chi connectivity index (χ3v) is 4.67. The molecule has 0 unspecified atom stereocenters. The quantitative estimate of drug-likeness (QED) is 0.568. The first-order valence-corrected chi connectivity index (χ1v) is 9.80. The molecule has 0 bridgehead atoms. The highest BCUT2D eigenvalue weighted by Gasteiger charge is 2.22. The van der Waals surface area contributed by atoms with Gasteiger partial charge in [-0.2, -0.15) is 0 Å². The summed E-state index contributed by atoms with van der Waals surface area (Å²) < 4.78 is 9.86. The van der Waals surface area contributed by atoms with Crippen LogP contribution >= 0.6 is 0 Å². The maximum absolute atomic E-state index is 12.3. The molecule has 3 aromatic carbocycles. The molecule has 1 N–H and O–H groups in total. The highest BCUT2D eigenvalue weighted by Crippen LogP contribution is 2.19.